The van der Waals surface area contributed by atoms with Crippen molar-refractivity contribution in [3.63, 3.8) is 0 Å². The highest BCUT2D eigenvalue weighted by molar-refractivity contribution is 5.98. The average Bonchev–Trinajstić information content (AvgIpc) is 3.38. The van der Waals surface area contributed by atoms with Gasteiger partial charge >= 0.3 is 0 Å². The number of nitrogens with zero attached hydrogens (tertiary/aromatic N) is 2. The fraction of sp³-hybridized carbons (Fsp3) is 0.667. The summed E-state index contributed by atoms with van der Waals surface area (Å²) in [5, 5.41) is 3.69. The number of para-hydroxylation sites is 2. The zero-order valence-corrected chi connectivity index (χ0v) is 17.4. The van der Waals surface area contributed by atoms with E-state index in [4.69, 9.17) is 0 Å². The third-order valence-electron chi connectivity index (χ3n) is 6.62. The van der Waals surface area contributed by atoms with Gasteiger partial charge in [-0.05, 0) is 62.5 Å². The second-order valence-electron chi connectivity index (χ2n) is 8.60. The van der Waals surface area contributed by atoms with Crippen LogP contribution >= 0.6 is 24.8 Å². The Morgan fingerprint density at radius 1 is 0.926 bits per heavy atom. The average molecular weight is 412 g/mol. The maximum Gasteiger partial charge on any atom is 0.227 e. The predicted molar refractivity (Wildman–Crippen MR) is 116 cm³/mol. The van der Waals surface area contributed by atoms with Crippen molar-refractivity contribution in [2.45, 2.75) is 57.0 Å². The highest BCUT2D eigenvalue weighted by Gasteiger charge is 2.36. The molecule has 2 atom stereocenters. The Morgan fingerprint density at radius 3 is 2.26 bits per heavy atom. The van der Waals surface area contributed by atoms with Crippen molar-refractivity contribution < 1.29 is 4.79 Å². The standard InChI is InChI=1S/C21H29N3O.2ClH/c25-21(13-16-11-17-7-8-18(12-16)22-17)24-10-9-23(14-15-5-6-15)19-3-1-2-4-20(19)24;;/h1-4,15-18,22H,5-14H2;2*1H. The molecule has 3 aliphatic heterocycles. The number of hydrogen-bond acceptors (Lipinski definition) is 3. The molecule has 2 saturated heterocycles. The minimum absolute atomic E-state index is 0. The predicted octanol–water partition coefficient (Wildman–Crippen LogP) is 4.01. The molecular weight excluding hydrogens is 381 g/mol. The van der Waals surface area contributed by atoms with Gasteiger partial charge in [-0.25, -0.2) is 0 Å². The molecule has 1 aromatic rings. The van der Waals surface area contributed by atoms with E-state index in [1.807, 2.05) is 0 Å². The van der Waals surface area contributed by atoms with Crippen molar-refractivity contribution in [3.8, 4) is 0 Å². The van der Waals surface area contributed by atoms with Crippen LogP contribution in [0.4, 0.5) is 11.4 Å². The Bertz CT molecular complexity index is 655. The minimum Gasteiger partial charge on any atom is -0.368 e. The molecule has 6 heteroatoms. The lowest BCUT2D eigenvalue weighted by atomic mass is 9.89. The maximum atomic E-state index is 13.1. The van der Waals surface area contributed by atoms with E-state index in [1.165, 1.54) is 44.2 Å². The zero-order valence-electron chi connectivity index (χ0n) is 15.8. The number of hydrogen-bond donors (Lipinski definition) is 1. The van der Waals surface area contributed by atoms with E-state index in [1.54, 1.807) is 0 Å². The highest BCUT2D eigenvalue weighted by Crippen LogP contribution is 2.38. The first-order valence-corrected chi connectivity index (χ1v) is 10.2. The normalized spacial score (nSPS) is 28.8. The Labute approximate surface area is 174 Å². The van der Waals surface area contributed by atoms with Crippen LogP contribution in [0.25, 0.3) is 0 Å². The van der Waals surface area contributed by atoms with Crippen molar-refractivity contribution in [3.05, 3.63) is 24.3 Å². The summed E-state index contributed by atoms with van der Waals surface area (Å²) in [4.78, 5) is 17.7. The summed E-state index contributed by atoms with van der Waals surface area (Å²) >= 11 is 0. The molecule has 2 unspecified atom stereocenters. The number of carbonyl (C=O) groups is 1. The Hall–Kier alpha value is -0.970. The molecule has 1 aromatic carbocycles. The van der Waals surface area contributed by atoms with Gasteiger partial charge < -0.3 is 15.1 Å². The summed E-state index contributed by atoms with van der Waals surface area (Å²) in [6, 6.07) is 9.85. The summed E-state index contributed by atoms with van der Waals surface area (Å²) < 4.78 is 0. The summed E-state index contributed by atoms with van der Waals surface area (Å²) in [5.74, 6) is 1.79. The summed E-state index contributed by atoms with van der Waals surface area (Å²) in [6.45, 7) is 2.99. The minimum atomic E-state index is 0. The van der Waals surface area contributed by atoms with Gasteiger partial charge in [0.25, 0.3) is 0 Å². The van der Waals surface area contributed by atoms with Gasteiger partial charge in [-0.2, -0.15) is 0 Å². The fourth-order valence-corrected chi connectivity index (χ4v) is 5.18. The number of piperidine rings is 1. The summed E-state index contributed by atoms with van der Waals surface area (Å²) in [7, 11) is 0. The topological polar surface area (TPSA) is 35.6 Å². The molecule has 0 spiro atoms. The van der Waals surface area contributed by atoms with Crippen molar-refractivity contribution in [2.24, 2.45) is 11.8 Å². The molecular formula is C21H31Cl2N3O. The van der Waals surface area contributed by atoms with Gasteiger partial charge in [0.05, 0.1) is 11.4 Å². The van der Waals surface area contributed by atoms with Crippen molar-refractivity contribution in [1.82, 2.24) is 5.32 Å². The quantitative estimate of drug-likeness (QED) is 0.812. The van der Waals surface area contributed by atoms with E-state index in [0.29, 0.717) is 23.9 Å². The van der Waals surface area contributed by atoms with Gasteiger partial charge in [0.2, 0.25) is 5.91 Å². The largest absolute Gasteiger partial charge is 0.368 e. The molecule has 3 heterocycles. The summed E-state index contributed by atoms with van der Waals surface area (Å²) in [6.07, 6.45) is 8.46. The van der Waals surface area contributed by atoms with E-state index in [0.717, 1.165) is 37.7 Å². The molecule has 2 bridgehead atoms. The molecule has 1 aliphatic carbocycles. The van der Waals surface area contributed by atoms with E-state index >= 15 is 0 Å². The number of carbonyl (C=O) groups excluding carboxylic acids is 1. The lowest BCUT2D eigenvalue weighted by Crippen LogP contribution is -2.46. The number of halogens is 2. The number of benzene rings is 1. The van der Waals surface area contributed by atoms with Gasteiger partial charge in [0.1, 0.15) is 0 Å². The van der Waals surface area contributed by atoms with Crippen LogP contribution in [0.2, 0.25) is 0 Å². The van der Waals surface area contributed by atoms with Crippen LogP contribution in [0.1, 0.15) is 44.9 Å². The molecule has 4 aliphatic rings. The van der Waals surface area contributed by atoms with E-state index < -0.39 is 0 Å². The molecule has 1 saturated carbocycles. The second-order valence-corrected chi connectivity index (χ2v) is 8.60. The first-order valence-electron chi connectivity index (χ1n) is 10.2. The first-order chi connectivity index (χ1) is 12.3. The van der Waals surface area contributed by atoms with E-state index in [2.05, 4.69) is 39.4 Å². The van der Waals surface area contributed by atoms with E-state index in [-0.39, 0.29) is 24.8 Å². The third kappa shape index (κ3) is 4.38. The SMILES string of the molecule is Cl.Cl.O=C(CC1CC2CCC(C1)N2)N1CCN(CC2CC2)c2ccccc21. The van der Waals surface area contributed by atoms with Crippen molar-refractivity contribution >= 4 is 42.1 Å². The molecule has 1 N–H and O–H groups in total. The molecule has 150 valence electrons. The highest BCUT2D eigenvalue weighted by atomic mass is 35.5. The summed E-state index contributed by atoms with van der Waals surface area (Å²) in [5.41, 5.74) is 2.40. The number of anilines is 2. The van der Waals surface area contributed by atoms with Crippen LogP contribution in [-0.4, -0.2) is 37.6 Å². The van der Waals surface area contributed by atoms with Crippen LogP contribution < -0.4 is 15.1 Å². The maximum absolute atomic E-state index is 13.1. The van der Waals surface area contributed by atoms with Crippen molar-refractivity contribution in [2.75, 3.05) is 29.4 Å². The molecule has 0 aromatic heterocycles. The molecule has 4 nitrogen and oxygen atoms in total. The van der Waals surface area contributed by atoms with Gasteiger partial charge in [-0.3, -0.25) is 4.79 Å². The Kier molecular flexibility index (Phi) is 6.60. The van der Waals surface area contributed by atoms with Gasteiger partial charge in [-0.1, -0.05) is 12.1 Å². The van der Waals surface area contributed by atoms with Gasteiger partial charge in [-0.15, -0.1) is 24.8 Å². The lowest BCUT2D eigenvalue weighted by Gasteiger charge is -2.39. The molecule has 5 rings (SSSR count). The van der Waals surface area contributed by atoms with Crippen LogP contribution in [-0.2, 0) is 4.79 Å². The van der Waals surface area contributed by atoms with Crippen molar-refractivity contribution in [1.29, 1.82) is 0 Å². The van der Waals surface area contributed by atoms with Crippen LogP contribution in [0.3, 0.4) is 0 Å². The number of amides is 1. The van der Waals surface area contributed by atoms with Crippen LogP contribution in [0.15, 0.2) is 24.3 Å². The molecule has 3 fully saturated rings. The van der Waals surface area contributed by atoms with Crippen LogP contribution in [0, 0.1) is 11.8 Å². The number of rotatable bonds is 4. The van der Waals surface area contributed by atoms with Gasteiger partial charge in [0, 0.05) is 38.1 Å². The second kappa shape index (κ2) is 8.59. The fourth-order valence-electron chi connectivity index (χ4n) is 5.18. The Balaban J connectivity index is 0.00000105. The Morgan fingerprint density at radius 2 is 1.59 bits per heavy atom. The zero-order chi connectivity index (χ0) is 16.8. The molecule has 1 amide bonds. The first kappa shape index (κ1) is 20.8. The molecule has 0 radical (unpaired) electrons. The number of fused-ring (bicyclic) bond motifs is 3. The van der Waals surface area contributed by atoms with Crippen LogP contribution in [0.5, 0.6) is 0 Å². The molecule has 27 heavy (non-hydrogen) atoms. The number of nitrogens with one attached hydrogen (secondary N) is 1. The van der Waals surface area contributed by atoms with Gasteiger partial charge in [0.15, 0.2) is 0 Å². The third-order valence-corrected chi connectivity index (χ3v) is 6.62. The lowest BCUT2D eigenvalue weighted by molar-refractivity contribution is -0.119. The monoisotopic (exact) mass is 411 g/mol. The smallest absolute Gasteiger partial charge is 0.227 e. The van der Waals surface area contributed by atoms with E-state index in [9.17, 15) is 4.79 Å².